The molecule has 83 valence electrons. The van der Waals surface area contributed by atoms with Gasteiger partial charge in [0.05, 0.1) is 22.1 Å². The third kappa shape index (κ3) is 1.58. The van der Waals surface area contributed by atoms with E-state index in [1.54, 1.807) is 17.6 Å². The average Bonchev–Trinajstić information content (AvgIpc) is 2.96. The van der Waals surface area contributed by atoms with Crippen LogP contribution in [0.5, 0.6) is 0 Å². The van der Waals surface area contributed by atoms with Crippen LogP contribution in [0.1, 0.15) is 10.4 Å². The molecule has 0 aliphatic carbocycles. The third-order valence-corrected chi connectivity index (χ3v) is 2.96. The van der Waals surface area contributed by atoms with Crippen molar-refractivity contribution in [3.63, 3.8) is 0 Å². The summed E-state index contributed by atoms with van der Waals surface area (Å²) in [6, 6.07) is 6.21. The molecule has 1 amide bonds. The molecule has 1 radical (unpaired) electrons. The quantitative estimate of drug-likeness (QED) is 0.716. The summed E-state index contributed by atoms with van der Waals surface area (Å²) in [5.41, 5.74) is 9.35. The number of thiazole rings is 1. The number of nitrogens with one attached hydrogen (secondary N) is 1. The van der Waals surface area contributed by atoms with Gasteiger partial charge in [-0.05, 0) is 12.1 Å². The maximum atomic E-state index is 11.2. The minimum absolute atomic E-state index is 0.316. The van der Waals surface area contributed by atoms with Gasteiger partial charge < -0.3 is 10.7 Å². The Bertz CT molecular complexity index is 687. The Hall–Kier alpha value is -2.21. The molecular formula is C11H7N4OS. The van der Waals surface area contributed by atoms with Crippen molar-refractivity contribution in [2.75, 3.05) is 0 Å². The van der Waals surface area contributed by atoms with Gasteiger partial charge in [0, 0.05) is 5.38 Å². The molecule has 2 aromatic heterocycles. The second-order valence-electron chi connectivity index (χ2n) is 3.44. The van der Waals surface area contributed by atoms with Gasteiger partial charge in [0.25, 0.3) is 5.91 Å². The number of carbonyl (C=O) groups excluding carboxylic acids is 1. The van der Waals surface area contributed by atoms with Crippen molar-refractivity contribution in [2.45, 2.75) is 0 Å². The summed E-state index contributed by atoms with van der Waals surface area (Å²) in [5.74, 6) is 0.104. The van der Waals surface area contributed by atoms with Crippen LogP contribution in [-0.2, 0) is 0 Å². The highest BCUT2D eigenvalue weighted by atomic mass is 32.1. The van der Waals surface area contributed by atoms with Crippen LogP contribution < -0.4 is 5.73 Å². The summed E-state index contributed by atoms with van der Waals surface area (Å²) in [5, 5.41) is 1.88. The Morgan fingerprint density at radius 1 is 1.53 bits per heavy atom. The Labute approximate surface area is 100 Å². The maximum Gasteiger partial charge on any atom is 0.251 e. The predicted molar refractivity (Wildman–Crippen MR) is 64.6 cm³/mol. The number of primary amides is 1. The van der Waals surface area contributed by atoms with E-state index in [0.29, 0.717) is 22.4 Å². The van der Waals surface area contributed by atoms with Gasteiger partial charge in [-0.15, -0.1) is 11.3 Å². The first-order chi connectivity index (χ1) is 8.25. The van der Waals surface area contributed by atoms with Gasteiger partial charge >= 0.3 is 0 Å². The molecule has 3 rings (SSSR count). The molecule has 3 aromatic rings. The second-order valence-corrected chi connectivity index (χ2v) is 4.15. The number of H-pyrrole nitrogens is 1. The normalized spacial score (nSPS) is 10.8. The summed E-state index contributed by atoms with van der Waals surface area (Å²) in [4.78, 5) is 22.8. The molecule has 17 heavy (non-hydrogen) atoms. The number of amides is 1. The maximum absolute atomic E-state index is 11.2. The zero-order chi connectivity index (χ0) is 11.8. The van der Waals surface area contributed by atoms with Crippen LogP contribution in [0.25, 0.3) is 22.6 Å². The van der Waals surface area contributed by atoms with Crippen molar-refractivity contribution in [3.05, 3.63) is 34.7 Å². The largest absolute Gasteiger partial charge is 0.366 e. The first-order valence-corrected chi connectivity index (χ1v) is 5.79. The van der Waals surface area contributed by atoms with E-state index < -0.39 is 5.91 Å². The number of nitrogens with zero attached hydrogens (tertiary/aromatic N) is 2. The van der Waals surface area contributed by atoms with Crippen LogP contribution in [0, 0.1) is 6.07 Å². The van der Waals surface area contributed by atoms with Gasteiger partial charge in [-0.25, -0.2) is 9.97 Å². The van der Waals surface area contributed by atoms with E-state index in [1.165, 1.54) is 11.3 Å². The highest BCUT2D eigenvalue weighted by Crippen LogP contribution is 2.22. The van der Waals surface area contributed by atoms with Crippen molar-refractivity contribution in [1.29, 1.82) is 0 Å². The molecule has 6 heteroatoms. The Morgan fingerprint density at radius 3 is 3.12 bits per heavy atom. The van der Waals surface area contributed by atoms with Crippen molar-refractivity contribution >= 4 is 28.3 Å². The van der Waals surface area contributed by atoms with Crippen LogP contribution in [-0.4, -0.2) is 20.9 Å². The molecule has 3 N–H and O–H groups in total. The Morgan fingerprint density at radius 2 is 2.41 bits per heavy atom. The van der Waals surface area contributed by atoms with Crippen LogP contribution in [0.2, 0.25) is 0 Å². The predicted octanol–water partition coefficient (Wildman–Crippen LogP) is 1.59. The van der Waals surface area contributed by atoms with E-state index in [1.807, 2.05) is 5.38 Å². The lowest BCUT2D eigenvalue weighted by Gasteiger charge is -1.94. The molecular weight excluding hydrogens is 236 g/mol. The number of benzene rings is 1. The molecule has 0 unspecified atom stereocenters. The van der Waals surface area contributed by atoms with E-state index in [0.717, 1.165) is 5.69 Å². The first-order valence-electron chi connectivity index (χ1n) is 4.84. The fourth-order valence-corrected chi connectivity index (χ4v) is 2.16. The molecule has 0 atom stereocenters. The molecule has 0 bridgehead atoms. The molecule has 0 fully saturated rings. The van der Waals surface area contributed by atoms with Crippen molar-refractivity contribution < 1.29 is 4.79 Å². The minimum atomic E-state index is -0.524. The van der Waals surface area contributed by atoms with Gasteiger partial charge in [-0.2, -0.15) is 0 Å². The van der Waals surface area contributed by atoms with Crippen LogP contribution in [0.3, 0.4) is 0 Å². The van der Waals surface area contributed by atoms with Gasteiger partial charge in [0.15, 0.2) is 5.82 Å². The molecule has 0 aliphatic heterocycles. The summed E-state index contributed by atoms with van der Waals surface area (Å²) >= 11 is 1.48. The Kier molecular flexibility index (Phi) is 2.15. The molecule has 2 heterocycles. The lowest BCUT2D eigenvalue weighted by atomic mass is 10.2. The van der Waals surface area contributed by atoms with E-state index >= 15 is 0 Å². The zero-order valence-electron chi connectivity index (χ0n) is 8.60. The molecule has 0 saturated carbocycles. The number of hydrogen-bond donors (Lipinski definition) is 2. The van der Waals surface area contributed by atoms with Crippen LogP contribution >= 0.6 is 11.3 Å². The van der Waals surface area contributed by atoms with E-state index in [2.05, 4.69) is 21.0 Å². The fraction of sp³-hybridized carbons (Fsp3) is 0. The zero-order valence-corrected chi connectivity index (χ0v) is 9.41. The van der Waals surface area contributed by atoms with Crippen molar-refractivity contribution in [2.24, 2.45) is 5.73 Å². The number of nitrogens with two attached hydrogens (primary N) is 1. The van der Waals surface area contributed by atoms with Crippen LogP contribution in [0.15, 0.2) is 23.0 Å². The van der Waals surface area contributed by atoms with Gasteiger partial charge in [-0.1, -0.05) is 6.07 Å². The van der Waals surface area contributed by atoms with Gasteiger partial charge in [0.2, 0.25) is 0 Å². The standard InChI is InChI=1S/C11H7N4OS/c12-10(16)6-2-1-3-7-9(6)15-11(14-7)8-4-17-5-13-8/h1,3-5H,(H2,12,16)(H,14,15). The smallest absolute Gasteiger partial charge is 0.251 e. The SMILES string of the molecule is NC(=O)c1[c]ccc2nc(-c3cscn3)[nH]c12. The summed E-state index contributed by atoms with van der Waals surface area (Å²) in [6.45, 7) is 0. The van der Waals surface area contributed by atoms with Gasteiger partial charge in [0.1, 0.15) is 5.69 Å². The van der Waals surface area contributed by atoms with Gasteiger partial charge in [-0.3, -0.25) is 4.79 Å². The minimum Gasteiger partial charge on any atom is -0.366 e. The first kappa shape index (κ1) is 9.98. The lowest BCUT2D eigenvalue weighted by molar-refractivity contribution is 0.100. The number of rotatable bonds is 2. The van der Waals surface area contributed by atoms with Crippen molar-refractivity contribution in [1.82, 2.24) is 15.0 Å². The fourth-order valence-electron chi connectivity index (χ4n) is 1.62. The highest BCUT2D eigenvalue weighted by Gasteiger charge is 2.12. The number of carbonyl (C=O) groups is 1. The highest BCUT2D eigenvalue weighted by molar-refractivity contribution is 7.07. The van der Waals surface area contributed by atoms with Crippen molar-refractivity contribution in [3.8, 4) is 11.5 Å². The van der Waals surface area contributed by atoms with E-state index in [9.17, 15) is 4.79 Å². The monoisotopic (exact) mass is 243 g/mol. The average molecular weight is 243 g/mol. The van der Waals surface area contributed by atoms with E-state index in [-0.39, 0.29) is 0 Å². The number of imidazole rings is 1. The van der Waals surface area contributed by atoms with Crippen LogP contribution in [0.4, 0.5) is 0 Å². The summed E-state index contributed by atoms with van der Waals surface area (Å²) in [6.07, 6.45) is 0. The summed E-state index contributed by atoms with van der Waals surface area (Å²) in [7, 11) is 0. The Balaban J connectivity index is 2.26. The third-order valence-electron chi connectivity index (χ3n) is 2.37. The number of aromatic nitrogens is 3. The molecule has 5 nitrogen and oxygen atoms in total. The lowest BCUT2D eigenvalue weighted by Crippen LogP contribution is -2.11. The number of hydrogen-bond acceptors (Lipinski definition) is 4. The van der Waals surface area contributed by atoms with E-state index in [4.69, 9.17) is 5.73 Å². The molecule has 0 spiro atoms. The molecule has 0 aliphatic rings. The summed E-state index contributed by atoms with van der Waals surface area (Å²) < 4.78 is 0. The molecule has 0 saturated heterocycles. The topological polar surface area (TPSA) is 84.7 Å². The molecule has 1 aromatic carbocycles. The second kappa shape index (κ2) is 3.67. The number of aromatic amines is 1. The number of fused-ring (bicyclic) bond motifs is 1.